The number of esters is 2. The summed E-state index contributed by atoms with van der Waals surface area (Å²) in [6, 6.07) is 16.3. The smallest absolute Gasteiger partial charge is 0.426 e. The third-order valence-corrected chi connectivity index (χ3v) is 7.12. The van der Waals surface area contributed by atoms with Crippen LogP contribution in [-0.2, 0) is 56.2 Å². The fourth-order valence-electron chi connectivity index (χ4n) is 3.64. The number of nitrogens with two attached hydrogens (primary N) is 1. The van der Waals surface area contributed by atoms with Crippen LogP contribution in [-0.4, -0.2) is 79.0 Å². The molecule has 1 heterocycles. The van der Waals surface area contributed by atoms with E-state index in [9.17, 15) is 27.9 Å². The molecule has 0 saturated carbocycles. The lowest BCUT2D eigenvalue weighted by molar-refractivity contribution is -0.151. The van der Waals surface area contributed by atoms with Gasteiger partial charge in [-0.25, -0.2) is 9.59 Å². The molecule has 1 aliphatic rings. The maximum absolute atomic E-state index is 12.3. The monoisotopic (exact) mass is 652 g/mol. The summed E-state index contributed by atoms with van der Waals surface area (Å²) in [5, 5.41) is 9.45. The Bertz CT molecular complexity index is 1320. The van der Waals surface area contributed by atoms with Gasteiger partial charge >= 0.3 is 28.3 Å². The van der Waals surface area contributed by atoms with Gasteiger partial charge in [0.25, 0.3) is 0 Å². The van der Waals surface area contributed by atoms with Crippen LogP contribution in [0.5, 0.6) is 0 Å². The topological polar surface area (TPSA) is 181 Å². The average Bonchev–Trinajstić information content (AvgIpc) is 2.96. The second kappa shape index (κ2) is 17.2. The zero-order valence-corrected chi connectivity index (χ0v) is 27.2. The molecule has 0 aliphatic carbocycles. The van der Waals surface area contributed by atoms with Gasteiger partial charge < -0.3 is 29.8 Å². The third kappa shape index (κ3) is 14.4. The highest BCUT2D eigenvalue weighted by Gasteiger charge is 2.46. The predicted molar refractivity (Wildman–Crippen MR) is 164 cm³/mol. The van der Waals surface area contributed by atoms with Crippen molar-refractivity contribution in [1.29, 1.82) is 0 Å². The molecule has 1 saturated heterocycles. The van der Waals surface area contributed by atoms with E-state index < -0.39 is 51.6 Å². The number of rotatable bonds is 11. The number of amides is 1. The Morgan fingerprint density at radius 1 is 0.956 bits per heavy atom. The van der Waals surface area contributed by atoms with Crippen molar-refractivity contribution in [3.8, 4) is 0 Å². The highest BCUT2D eigenvalue weighted by Crippen LogP contribution is 2.24. The molecule has 2 atom stereocenters. The Balaban J connectivity index is 0.000000322. The zero-order valence-electron chi connectivity index (χ0n) is 26.3. The number of carbonyl (C=O) groups is 3. The normalized spacial score (nSPS) is 16.9. The largest absolute Gasteiger partial charge is 0.460 e. The number of hydrogen-bond acceptors (Lipinski definition) is 12. The highest BCUT2D eigenvalue weighted by molar-refractivity contribution is 7.85. The van der Waals surface area contributed by atoms with Crippen LogP contribution in [0, 0.1) is 0 Å². The van der Waals surface area contributed by atoms with Crippen LogP contribution in [0.2, 0.25) is 0 Å². The van der Waals surface area contributed by atoms with Crippen molar-refractivity contribution in [2.45, 2.75) is 84.0 Å². The second-order valence-corrected chi connectivity index (χ2v) is 13.3. The number of carbonyl (C=O) groups excluding carboxylic acids is 3. The van der Waals surface area contributed by atoms with Crippen LogP contribution in [0.1, 0.15) is 58.6 Å². The van der Waals surface area contributed by atoms with Crippen molar-refractivity contribution in [3.05, 3.63) is 71.8 Å². The fourth-order valence-corrected chi connectivity index (χ4v) is 4.79. The second-order valence-electron chi connectivity index (χ2n) is 11.8. The quantitative estimate of drug-likeness (QED) is 0.206. The van der Waals surface area contributed by atoms with Crippen LogP contribution >= 0.6 is 0 Å². The van der Waals surface area contributed by atoms with Crippen molar-refractivity contribution in [3.63, 3.8) is 0 Å². The van der Waals surface area contributed by atoms with Crippen molar-refractivity contribution >= 4 is 28.3 Å². The Labute approximate surface area is 264 Å². The van der Waals surface area contributed by atoms with Gasteiger partial charge in [0, 0.05) is 13.0 Å². The Morgan fingerprint density at radius 3 is 2.00 bits per heavy atom. The van der Waals surface area contributed by atoms with Crippen molar-refractivity contribution < 1.29 is 51.0 Å². The van der Waals surface area contributed by atoms with E-state index in [4.69, 9.17) is 24.7 Å². The molecular formula is C31H44N2O11S. The molecule has 0 aromatic heterocycles. The van der Waals surface area contributed by atoms with Gasteiger partial charge in [0.2, 0.25) is 0 Å². The highest BCUT2D eigenvalue weighted by atomic mass is 32.2. The molecule has 14 heteroatoms. The molecule has 0 radical (unpaired) electrons. The summed E-state index contributed by atoms with van der Waals surface area (Å²) in [4.78, 5) is 36.3. The van der Waals surface area contributed by atoms with Gasteiger partial charge in [-0.2, -0.15) is 12.7 Å². The minimum absolute atomic E-state index is 0.00784. The van der Waals surface area contributed by atoms with Gasteiger partial charge in [0.1, 0.15) is 24.9 Å². The first-order valence-electron chi connectivity index (χ1n) is 14.4. The van der Waals surface area contributed by atoms with Gasteiger partial charge in [0.15, 0.2) is 6.04 Å². The van der Waals surface area contributed by atoms with E-state index in [0.717, 1.165) is 11.1 Å². The van der Waals surface area contributed by atoms with Gasteiger partial charge in [0.05, 0.1) is 18.8 Å². The molecule has 0 unspecified atom stereocenters. The lowest BCUT2D eigenvalue weighted by Gasteiger charge is -2.33. The Hall–Kier alpha value is -3.56. The summed E-state index contributed by atoms with van der Waals surface area (Å²) in [7, 11) is -4.41. The number of nitrogens with zero attached hydrogens (tertiary/aromatic N) is 1. The molecule has 1 amide bonds. The first kappa shape index (κ1) is 37.6. The molecule has 0 bridgehead atoms. The number of benzene rings is 2. The van der Waals surface area contributed by atoms with E-state index in [0.29, 0.717) is 17.3 Å². The van der Waals surface area contributed by atoms with Gasteiger partial charge in [-0.1, -0.05) is 60.7 Å². The summed E-state index contributed by atoms with van der Waals surface area (Å²) in [6.07, 6.45) is -0.815. The van der Waals surface area contributed by atoms with Gasteiger partial charge in [-0.3, -0.25) is 8.98 Å². The average molecular weight is 653 g/mol. The molecule has 13 nitrogen and oxygen atoms in total. The van der Waals surface area contributed by atoms with Crippen LogP contribution in [0.3, 0.4) is 0 Å². The van der Waals surface area contributed by atoms with E-state index in [1.807, 2.05) is 36.4 Å². The number of hydrogen-bond donors (Lipinski definition) is 2. The maximum atomic E-state index is 12.3. The van der Waals surface area contributed by atoms with E-state index in [1.54, 1.807) is 58.9 Å². The molecule has 2 aromatic carbocycles. The van der Waals surface area contributed by atoms with E-state index in [1.165, 1.54) is 0 Å². The lowest BCUT2D eigenvalue weighted by Crippen LogP contribution is -2.54. The van der Waals surface area contributed by atoms with Gasteiger partial charge in [-0.05, 0) is 52.2 Å². The molecule has 1 fully saturated rings. The predicted octanol–water partition coefficient (Wildman–Crippen LogP) is 3.24. The zero-order chi connectivity index (χ0) is 33.7. The van der Waals surface area contributed by atoms with Gasteiger partial charge in [-0.15, -0.1) is 0 Å². The van der Waals surface area contributed by atoms with E-state index in [2.05, 4.69) is 4.18 Å². The van der Waals surface area contributed by atoms with Crippen LogP contribution in [0.25, 0.3) is 0 Å². The van der Waals surface area contributed by atoms with E-state index >= 15 is 0 Å². The molecule has 2 aromatic rings. The molecule has 250 valence electrons. The Morgan fingerprint density at radius 2 is 1.49 bits per heavy atom. The lowest BCUT2D eigenvalue weighted by atomic mass is 10.2. The summed E-state index contributed by atoms with van der Waals surface area (Å²) in [5.41, 5.74) is 5.58. The minimum Gasteiger partial charge on any atom is -0.460 e. The summed E-state index contributed by atoms with van der Waals surface area (Å²) >= 11 is 0. The van der Waals surface area contributed by atoms with Crippen LogP contribution < -0.4 is 5.73 Å². The SMILES string of the molecule is CC(C)(C)OC(=O)N1[C@H](C(=O)OCc2ccccc2)CCOS1(=O)=O.CC(C)(O)COCC[C@H](N)C(=O)OCc1ccccc1. The summed E-state index contributed by atoms with van der Waals surface area (Å²) in [6.45, 7) is 8.57. The number of aliphatic hydroxyl groups is 1. The van der Waals surface area contributed by atoms with Crippen molar-refractivity contribution in [2.24, 2.45) is 5.73 Å². The summed E-state index contributed by atoms with van der Waals surface area (Å²) < 4.78 is 49.7. The number of ether oxygens (including phenoxy) is 4. The third-order valence-electron chi connectivity index (χ3n) is 5.77. The van der Waals surface area contributed by atoms with Crippen molar-refractivity contribution in [2.75, 3.05) is 19.8 Å². The summed E-state index contributed by atoms with van der Waals surface area (Å²) in [5.74, 6) is -1.28. The van der Waals surface area contributed by atoms with Crippen molar-refractivity contribution in [1.82, 2.24) is 4.31 Å². The molecule has 45 heavy (non-hydrogen) atoms. The molecular weight excluding hydrogens is 608 g/mol. The molecule has 3 rings (SSSR count). The molecule has 1 aliphatic heterocycles. The molecule has 3 N–H and O–H groups in total. The van der Waals surface area contributed by atoms with Crippen LogP contribution in [0.15, 0.2) is 60.7 Å². The first-order valence-corrected chi connectivity index (χ1v) is 15.7. The first-order chi connectivity index (χ1) is 21.0. The van der Waals surface area contributed by atoms with E-state index in [-0.39, 0.29) is 32.8 Å². The Kier molecular flexibility index (Phi) is 14.4. The fraction of sp³-hybridized carbons (Fsp3) is 0.516. The standard InChI is InChI=1S/C16H21NO7S.C15H23NO4/c1-16(2,3)24-15(19)17-13(9-10-23-25(17,20)21)14(18)22-11-12-7-5-4-6-8-12;1-15(2,18)11-19-9-8-13(16)14(17)20-10-12-6-4-3-5-7-12/h4-8,13H,9-11H2,1-3H3;3-7,13,18H,8-11,16H2,1-2H3/t2*13-/m00/s1. The van der Waals surface area contributed by atoms with Crippen LogP contribution in [0.4, 0.5) is 4.79 Å². The maximum Gasteiger partial charge on any atom is 0.426 e. The minimum atomic E-state index is -4.41. The molecule has 0 spiro atoms.